The van der Waals surface area contributed by atoms with E-state index in [4.69, 9.17) is 23.5 Å². The molecule has 7 nitrogen and oxygen atoms in total. The van der Waals surface area contributed by atoms with Gasteiger partial charge in [0.15, 0.2) is 0 Å². The van der Waals surface area contributed by atoms with Crippen LogP contribution in [-0.4, -0.2) is 56.4 Å². The lowest BCUT2D eigenvalue weighted by Gasteiger charge is -2.32. The predicted molar refractivity (Wildman–Crippen MR) is 113 cm³/mol. The molecule has 0 spiro atoms. The van der Waals surface area contributed by atoms with Crippen LogP contribution in [0.3, 0.4) is 0 Å². The van der Waals surface area contributed by atoms with Crippen LogP contribution in [0.25, 0.3) is 0 Å². The first-order valence-corrected chi connectivity index (χ1v) is 9.90. The summed E-state index contributed by atoms with van der Waals surface area (Å²) in [5, 5.41) is 2.77. The summed E-state index contributed by atoms with van der Waals surface area (Å²) in [7, 11) is 1.16. The van der Waals surface area contributed by atoms with Crippen LogP contribution < -0.4 is 15.5 Å². The summed E-state index contributed by atoms with van der Waals surface area (Å²) in [5.41, 5.74) is -0.399. The highest BCUT2D eigenvalue weighted by molar-refractivity contribution is 6.62. The van der Waals surface area contributed by atoms with Crippen molar-refractivity contribution >= 4 is 18.7 Å². The summed E-state index contributed by atoms with van der Waals surface area (Å²) in [4.78, 5) is 12.0. The molecule has 0 aromatic heterocycles. The highest BCUT2D eigenvalue weighted by Crippen LogP contribution is 2.36. The Morgan fingerprint density at radius 3 is 2.10 bits per heavy atom. The number of carbonyl (C=O) groups excluding carboxylic acids is 1. The zero-order chi connectivity index (χ0) is 21.9. The maximum atomic E-state index is 12.0. The van der Waals surface area contributed by atoms with Crippen LogP contribution in [0, 0.1) is 0 Å². The SMILES string of the molecule is COCC(COc1ccc(B2OC(C)(C)C(C)(C)O2)cc1)NC(=O)OC(C)(C)C. The van der Waals surface area contributed by atoms with Crippen LogP contribution in [0.5, 0.6) is 5.75 Å². The topological polar surface area (TPSA) is 75.3 Å². The number of ether oxygens (including phenoxy) is 3. The quantitative estimate of drug-likeness (QED) is 0.701. The van der Waals surface area contributed by atoms with E-state index in [9.17, 15) is 4.79 Å². The lowest BCUT2D eigenvalue weighted by molar-refractivity contribution is 0.00578. The second kappa shape index (κ2) is 8.94. The zero-order valence-electron chi connectivity index (χ0n) is 18.8. The molecule has 1 aliphatic heterocycles. The molecule has 0 aliphatic carbocycles. The summed E-state index contributed by atoms with van der Waals surface area (Å²) >= 11 is 0. The summed E-state index contributed by atoms with van der Waals surface area (Å²) in [6.45, 7) is 14.1. The third-order valence-corrected chi connectivity index (χ3v) is 4.95. The Labute approximate surface area is 174 Å². The average Bonchev–Trinajstić information content (AvgIpc) is 2.79. The molecule has 0 saturated carbocycles. The van der Waals surface area contributed by atoms with Crippen molar-refractivity contribution in [2.75, 3.05) is 20.3 Å². The number of hydrogen-bond acceptors (Lipinski definition) is 6. The third kappa shape index (κ3) is 6.62. The molecular weight excluding hydrogens is 373 g/mol. The number of rotatable bonds is 7. The monoisotopic (exact) mass is 407 g/mol. The molecule has 0 radical (unpaired) electrons. The normalized spacial score (nSPS) is 19.0. The summed E-state index contributed by atoms with van der Waals surface area (Å²) in [6.07, 6.45) is -0.501. The number of methoxy groups -OCH3 is 1. The first kappa shape index (κ1) is 23.5. The third-order valence-electron chi connectivity index (χ3n) is 4.95. The standard InChI is InChI=1S/C21H34BNO6/c1-19(2,3)27-18(24)23-16(13-25-8)14-26-17-11-9-15(10-12-17)22-28-20(4,5)21(6,7)29-22/h9-12,16H,13-14H2,1-8H3,(H,23,24). The first-order valence-electron chi connectivity index (χ1n) is 9.90. The van der Waals surface area contributed by atoms with Crippen LogP contribution in [0.15, 0.2) is 24.3 Å². The maximum absolute atomic E-state index is 12.0. The van der Waals surface area contributed by atoms with Crippen molar-refractivity contribution in [2.45, 2.75) is 71.3 Å². The Bertz CT molecular complexity index is 667. The average molecular weight is 407 g/mol. The molecule has 1 atom stereocenters. The van der Waals surface area contributed by atoms with Crippen molar-refractivity contribution in [1.82, 2.24) is 5.32 Å². The van der Waals surface area contributed by atoms with E-state index in [0.717, 1.165) is 5.46 Å². The Hall–Kier alpha value is -1.77. The van der Waals surface area contributed by atoms with Gasteiger partial charge in [-0.05, 0) is 66.1 Å². The lowest BCUT2D eigenvalue weighted by Crippen LogP contribution is -2.44. The van der Waals surface area contributed by atoms with Gasteiger partial charge in [0.05, 0.1) is 23.9 Å². The van der Waals surface area contributed by atoms with Crippen molar-refractivity contribution < 1.29 is 28.3 Å². The molecule has 0 bridgehead atoms. The van der Waals surface area contributed by atoms with Crippen molar-refractivity contribution in [3.8, 4) is 5.75 Å². The fourth-order valence-corrected chi connectivity index (χ4v) is 2.70. The van der Waals surface area contributed by atoms with E-state index in [1.54, 1.807) is 7.11 Å². The summed E-state index contributed by atoms with van der Waals surface area (Å²) in [6, 6.07) is 7.22. The van der Waals surface area contributed by atoms with E-state index in [0.29, 0.717) is 12.4 Å². The van der Waals surface area contributed by atoms with Crippen LogP contribution in [0.2, 0.25) is 0 Å². The van der Waals surface area contributed by atoms with Gasteiger partial charge in [0.2, 0.25) is 0 Å². The smallest absolute Gasteiger partial charge is 0.491 e. The van der Waals surface area contributed by atoms with Crippen LogP contribution in [0.4, 0.5) is 4.79 Å². The molecule has 1 saturated heterocycles. The number of alkyl carbamates (subject to hydrolysis) is 1. The molecule has 8 heteroatoms. The Balaban J connectivity index is 1.92. The largest absolute Gasteiger partial charge is 0.494 e. The van der Waals surface area contributed by atoms with E-state index < -0.39 is 18.8 Å². The predicted octanol–water partition coefficient (Wildman–Crippen LogP) is 2.90. The van der Waals surface area contributed by atoms with Gasteiger partial charge < -0.3 is 28.8 Å². The van der Waals surface area contributed by atoms with Crippen molar-refractivity contribution in [3.63, 3.8) is 0 Å². The molecule has 1 heterocycles. The van der Waals surface area contributed by atoms with E-state index in [1.807, 2.05) is 72.7 Å². The zero-order valence-corrected chi connectivity index (χ0v) is 18.8. The van der Waals surface area contributed by atoms with Gasteiger partial charge >= 0.3 is 13.2 Å². The molecule has 162 valence electrons. The van der Waals surface area contributed by atoms with Gasteiger partial charge in [-0.15, -0.1) is 0 Å². The van der Waals surface area contributed by atoms with Crippen molar-refractivity contribution in [3.05, 3.63) is 24.3 Å². The van der Waals surface area contributed by atoms with Crippen molar-refractivity contribution in [1.29, 1.82) is 0 Å². The van der Waals surface area contributed by atoms with Crippen LogP contribution >= 0.6 is 0 Å². The van der Waals surface area contributed by atoms with Crippen LogP contribution in [0.1, 0.15) is 48.5 Å². The fraction of sp³-hybridized carbons (Fsp3) is 0.667. The number of hydrogen-bond donors (Lipinski definition) is 1. The Morgan fingerprint density at radius 1 is 1.07 bits per heavy atom. The lowest BCUT2D eigenvalue weighted by atomic mass is 9.79. The van der Waals surface area contributed by atoms with Gasteiger partial charge in [-0.3, -0.25) is 0 Å². The number of amides is 1. The molecule has 29 heavy (non-hydrogen) atoms. The van der Waals surface area contributed by atoms with Gasteiger partial charge in [0, 0.05) is 7.11 Å². The van der Waals surface area contributed by atoms with E-state index in [-0.39, 0.29) is 23.9 Å². The highest BCUT2D eigenvalue weighted by Gasteiger charge is 2.51. The minimum atomic E-state index is -0.564. The minimum absolute atomic E-state index is 0.253. The number of carbonyl (C=O) groups is 1. The first-order chi connectivity index (χ1) is 13.3. The molecule has 1 amide bonds. The molecule has 1 aromatic carbocycles. The van der Waals surface area contributed by atoms with E-state index in [2.05, 4.69) is 5.32 Å². The summed E-state index contributed by atoms with van der Waals surface area (Å²) < 4.78 is 28.4. The van der Waals surface area contributed by atoms with Gasteiger partial charge in [0.1, 0.15) is 18.0 Å². The highest BCUT2D eigenvalue weighted by atomic mass is 16.7. The molecule has 2 rings (SSSR count). The molecule has 1 fully saturated rings. The van der Waals surface area contributed by atoms with Crippen molar-refractivity contribution in [2.24, 2.45) is 0 Å². The van der Waals surface area contributed by atoms with Gasteiger partial charge in [-0.2, -0.15) is 0 Å². The van der Waals surface area contributed by atoms with Gasteiger partial charge in [-0.25, -0.2) is 4.79 Å². The Morgan fingerprint density at radius 2 is 1.62 bits per heavy atom. The second-order valence-corrected chi connectivity index (χ2v) is 9.27. The number of nitrogens with one attached hydrogen (secondary N) is 1. The number of benzene rings is 1. The van der Waals surface area contributed by atoms with E-state index in [1.165, 1.54) is 0 Å². The second-order valence-electron chi connectivity index (χ2n) is 9.27. The fourth-order valence-electron chi connectivity index (χ4n) is 2.70. The molecule has 1 unspecified atom stereocenters. The summed E-state index contributed by atoms with van der Waals surface area (Å²) in [5.74, 6) is 0.678. The molecule has 1 N–H and O–H groups in total. The minimum Gasteiger partial charge on any atom is -0.491 e. The van der Waals surface area contributed by atoms with Crippen LogP contribution in [-0.2, 0) is 18.8 Å². The molecule has 1 aromatic rings. The molecular formula is C21H34BNO6. The van der Waals surface area contributed by atoms with E-state index >= 15 is 0 Å². The maximum Gasteiger partial charge on any atom is 0.494 e. The Kier molecular flexibility index (Phi) is 7.25. The molecule has 1 aliphatic rings. The van der Waals surface area contributed by atoms with Gasteiger partial charge in [-0.1, -0.05) is 12.1 Å². The van der Waals surface area contributed by atoms with Gasteiger partial charge in [0.25, 0.3) is 0 Å².